The number of aryl methyl sites for hydroxylation is 1. The van der Waals surface area contributed by atoms with Gasteiger partial charge in [-0.2, -0.15) is 4.72 Å². The van der Waals surface area contributed by atoms with Crippen molar-refractivity contribution in [3.63, 3.8) is 0 Å². The van der Waals surface area contributed by atoms with Crippen molar-refractivity contribution in [2.45, 2.75) is 30.9 Å². The Bertz CT molecular complexity index is 447. The average molecular weight is 241 g/mol. The van der Waals surface area contributed by atoms with Crippen LogP contribution in [-0.4, -0.2) is 21.3 Å². The molecule has 0 bridgehead atoms. The van der Waals surface area contributed by atoms with Crippen molar-refractivity contribution in [3.8, 4) is 0 Å². The first-order valence-electron chi connectivity index (χ1n) is 5.28. The maximum Gasteiger partial charge on any atom is 0.242 e. The monoisotopic (exact) mass is 241 g/mol. The van der Waals surface area contributed by atoms with Crippen molar-refractivity contribution in [2.24, 2.45) is 0 Å². The summed E-state index contributed by atoms with van der Waals surface area (Å²) in [4.78, 5) is 0.286. The van der Waals surface area contributed by atoms with Gasteiger partial charge in [0.15, 0.2) is 0 Å². The molecule has 1 fully saturated rings. The first-order valence-corrected chi connectivity index (χ1v) is 6.77. The maximum atomic E-state index is 11.9. The molecule has 1 aromatic carbocycles. The van der Waals surface area contributed by atoms with Gasteiger partial charge in [-0.15, -0.1) is 0 Å². The smallest absolute Gasteiger partial charge is 0.242 e. The second-order valence-electron chi connectivity index (χ2n) is 3.94. The van der Waals surface area contributed by atoms with Crippen molar-refractivity contribution in [2.75, 3.05) is 6.61 Å². The quantitative estimate of drug-likeness (QED) is 0.870. The van der Waals surface area contributed by atoms with E-state index in [1.165, 1.54) is 0 Å². The summed E-state index contributed by atoms with van der Waals surface area (Å²) < 4.78 is 31.6. The molecule has 1 saturated heterocycles. The van der Waals surface area contributed by atoms with Crippen LogP contribution >= 0.6 is 0 Å². The number of rotatable bonds is 3. The fourth-order valence-electron chi connectivity index (χ4n) is 1.63. The molecule has 16 heavy (non-hydrogen) atoms. The predicted octanol–water partition coefficient (Wildman–Crippen LogP) is 1.41. The van der Waals surface area contributed by atoms with Crippen molar-refractivity contribution in [1.82, 2.24) is 4.72 Å². The van der Waals surface area contributed by atoms with Gasteiger partial charge in [-0.25, -0.2) is 8.42 Å². The summed E-state index contributed by atoms with van der Waals surface area (Å²) in [6.45, 7) is 2.55. The molecule has 0 aliphatic carbocycles. The lowest BCUT2D eigenvalue weighted by Crippen LogP contribution is -2.34. The zero-order valence-corrected chi connectivity index (χ0v) is 9.96. The number of hydrogen-bond donors (Lipinski definition) is 1. The maximum absolute atomic E-state index is 11.9. The average Bonchev–Trinajstić information content (AvgIpc) is 2.70. The molecule has 1 aromatic rings. The highest BCUT2D eigenvalue weighted by atomic mass is 32.2. The summed E-state index contributed by atoms with van der Waals surface area (Å²) in [5.74, 6) is 0. The molecule has 1 atom stereocenters. The van der Waals surface area contributed by atoms with E-state index < -0.39 is 10.0 Å². The third-order valence-electron chi connectivity index (χ3n) is 2.55. The summed E-state index contributed by atoms with van der Waals surface area (Å²) in [5.41, 5.74) is 1.04. The number of benzene rings is 1. The van der Waals surface area contributed by atoms with Crippen LogP contribution < -0.4 is 4.72 Å². The molecule has 0 aromatic heterocycles. The third-order valence-corrected chi connectivity index (χ3v) is 4.01. The molecular weight excluding hydrogens is 226 g/mol. The third kappa shape index (κ3) is 2.61. The zero-order chi connectivity index (χ0) is 11.6. The van der Waals surface area contributed by atoms with E-state index in [1.54, 1.807) is 24.3 Å². The molecule has 1 aliphatic rings. The second-order valence-corrected chi connectivity index (χ2v) is 5.65. The molecule has 4 nitrogen and oxygen atoms in total. The molecule has 0 spiro atoms. The van der Waals surface area contributed by atoms with Crippen molar-refractivity contribution >= 4 is 10.0 Å². The van der Waals surface area contributed by atoms with Crippen LogP contribution in [0.5, 0.6) is 0 Å². The SMILES string of the molecule is Cc1ccc(S(=O)(=O)N[C@H]2CCCO2)cc1. The second kappa shape index (κ2) is 4.53. The Kier molecular flexibility index (Phi) is 3.28. The van der Waals surface area contributed by atoms with Gasteiger partial charge in [0.05, 0.1) is 4.90 Å². The minimum Gasteiger partial charge on any atom is -0.362 e. The topological polar surface area (TPSA) is 55.4 Å². The number of hydrogen-bond acceptors (Lipinski definition) is 3. The molecule has 2 rings (SSSR count). The van der Waals surface area contributed by atoms with Crippen LogP contribution in [0.2, 0.25) is 0 Å². The van der Waals surface area contributed by atoms with Gasteiger partial charge in [0, 0.05) is 6.61 Å². The molecule has 5 heteroatoms. The van der Waals surface area contributed by atoms with E-state index >= 15 is 0 Å². The van der Waals surface area contributed by atoms with Crippen molar-refractivity contribution < 1.29 is 13.2 Å². The van der Waals surface area contributed by atoms with E-state index in [2.05, 4.69) is 4.72 Å². The van der Waals surface area contributed by atoms with E-state index in [1.807, 2.05) is 6.92 Å². The molecule has 1 aliphatic heterocycles. The van der Waals surface area contributed by atoms with Crippen LogP contribution in [0, 0.1) is 6.92 Å². The molecule has 0 unspecified atom stereocenters. The summed E-state index contributed by atoms with van der Waals surface area (Å²) in [6, 6.07) is 6.77. The van der Waals surface area contributed by atoms with Gasteiger partial charge in [0.1, 0.15) is 6.23 Å². The van der Waals surface area contributed by atoms with Gasteiger partial charge in [0.25, 0.3) is 0 Å². The van der Waals surface area contributed by atoms with E-state index in [0.29, 0.717) is 6.61 Å². The lowest BCUT2D eigenvalue weighted by Gasteiger charge is -2.12. The lowest BCUT2D eigenvalue weighted by atomic mass is 10.2. The molecule has 0 saturated carbocycles. The van der Waals surface area contributed by atoms with E-state index in [4.69, 9.17) is 4.74 Å². The van der Waals surface area contributed by atoms with Crippen LogP contribution in [-0.2, 0) is 14.8 Å². The summed E-state index contributed by atoms with van der Waals surface area (Å²) in [6.07, 6.45) is 1.28. The van der Waals surface area contributed by atoms with Crippen molar-refractivity contribution in [3.05, 3.63) is 29.8 Å². The van der Waals surface area contributed by atoms with Gasteiger partial charge >= 0.3 is 0 Å². The number of nitrogens with one attached hydrogen (secondary N) is 1. The Labute approximate surface area is 95.7 Å². The largest absolute Gasteiger partial charge is 0.362 e. The Morgan fingerprint density at radius 3 is 2.56 bits per heavy atom. The van der Waals surface area contributed by atoms with Gasteiger partial charge in [-0.1, -0.05) is 17.7 Å². The Morgan fingerprint density at radius 1 is 1.31 bits per heavy atom. The summed E-state index contributed by atoms with van der Waals surface area (Å²) in [5, 5.41) is 0. The number of sulfonamides is 1. The van der Waals surface area contributed by atoms with Crippen molar-refractivity contribution in [1.29, 1.82) is 0 Å². The highest BCUT2D eigenvalue weighted by Gasteiger charge is 2.23. The van der Waals surface area contributed by atoms with Gasteiger partial charge in [-0.3, -0.25) is 0 Å². The summed E-state index contributed by atoms with van der Waals surface area (Å²) >= 11 is 0. The van der Waals surface area contributed by atoms with E-state index in [-0.39, 0.29) is 11.1 Å². The van der Waals surface area contributed by atoms with E-state index in [0.717, 1.165) is 18.4 Å². The molecule has 88 valence electrons. The lowest BCUT2D eigenvalue weighted by molar-refractivity contribution is 0.103. The normalized spacial score (nSPS) is 21.2. The zero-order valence-electron chi connectivity index (χ0n) is 9.14. The predicted molar refractivity (Wildman–Crippen MR) is 60.5 cm³/mol. The Balaban J connectivity index is 2.14. The van der Waals surface area contributed by atoms with Crippen LogP contribution in [0.1, 0.15) is 18.4 Å². The first kappa shape index (κ1) is 11.6. The molecular formula is C11H15NO3S. The molecule has 0 amide bonds. The van der Waals surface area contributed by atoms with Gasteiger partial charge in [0.2, 0.25) is 10.0 Å². The minimum atomic E-state index is -3.44. The molecule has 1 N–H and O–H groups in total. The van der Waals surface area contributed by atoms with Gasteiger partial charge < -0.3 is 4.74 Å². The summed E-state index contributed by atoms with van der Waals surface area (Å²) in [7, 11) is -3.44. The standard InChI is InChI=1S/C11H15NO3S/c1-9-4-6-10(7-5-9)16(13,14)12-11-3-2-8-15-11/h4-7,11-12H,2-3,8H2,1H3/t11-/m1/s1. The molecule has 1 heterocycles. The Hall–Kier alpha value is -0.910. The van der Waals surface area contributed by atoms with Crippen LogP contribution in [0.15, 0.2) is 29.2 Å². The fraction of sp³-hybridized carbons (Fsp3) is 0.455. The van der Waals surface area contributed by atoms with Crippen LogP contribution in [0.25, 0.3) is 0 Å². The highest BCUT2D eigenvalue weighted by molar-refractivity contribution is 7.89. The Morgan fingerprint density at radius 2 is 2.00 bits per heavy atom. The van der Waals surface area contributed by atoms with Crippen LogP contribution in [0.4, 0.5) is 0 Å². The fourth-order valence-corrected chi connectivity index (χ4v) is 2.79. The number of ether oxygens (including phenoxy) is 1. The highest BCUT2D eigenvalue weighted by Crippen LogP contribution is 2.15. The first-order chi connectivity index (χ1) is 7.58. The van der Waals surface area contributed by atoms with Gasteiger partial charge in [-0.05, 0) is 31.9 Å². The molecule has 0 radical (unpaired) electrons. The van der Waals surface area contributed by atoms with Crippen LogP contribution in [0.3, 0.4) is 0 Å². The van der Waals surface area contributed by atoms with E-state index in [9.17, 15) is 8.42 Å². The minimum absolute atomic E-state index is 0.286.